The van der Waals surface area contributed by atoms with Crippen molar-refractivity contribution in [2.75, 3.05) is 18.5 Å². The smallest absolute Gasteiger partial charge is 0.329 e. The van der Waals surface area contributed by atoms with E-state index in [0.29, 0.717) is 5.56 Å². The van der Waals surface area contributed by atoms with Crippen LogP contribution < -0.4 is 16.6 Å². The van der Waals surface area contributed by atoms with E-state index in [1.807, 2.05) is 0 Å². The molecule has 0 atom stereocenters. The molecule has 0 saturated carbocycles. The minimum absolute atomic E-state index is 0.117. The molecule has 0 fully saturated rings. The number of aromatic amines is 1. The zero-order chi connectivity index (χ0) is 18.0. The van der Waals surface area contributed by atoms with Crippen molar-refractivity contribution >= 4 is 22.9 Å². The SMILES string of the molecule is Cn1c(=O)[nH]c(=O)c2c1nc(NCCO)n2CC(=O)c1ccccc1. The average Bonchev–Trinajstić information content (AvgIpc) is 2.97. The Morgan fingerprint density at radius 2 is 2.00 bits per heavy atom. The molecule has 0 spiro atoms. The number of rotatable bonds is 6. The summed E-state index contributed by atoms with van der Waals surface area (Å²) in [5.74, 6) is 0.0280. The van der Waals surface area contributed by atoms with Crippen molar-refractivity contribution in [1.82, 2.24) is 19.1 Å². The number of carbonyl (C=O) groups excluding carboxylic acids is 1. The Hall–Kier alpha value is -3.20. The van der Waals surface area contributed by atoms with Crippen LogP contribution in [0.1, 0.15) is 10.4 Å². The van der Waals surface area contributed by atoms with Crippen LogP contribution in [-0.2, 0) is 13.6 Å². The number of aliphatic hydroxyl groups excluding tert-OH is 1. The Labute approximate surface area is 141 Å². The number of hydrogen-bond donors (Lipinski definition) is 3. The van der Waals surface area contributed by atoms with Gasteiger partial charge in [0.1, 0.15) is 0 Å². The van der Waals surface area contributed by atoms with Crippen LogP contribution in [0.3, 0.4) is 0 Å². The van der Waals surface area contributed by atoms with Gasteiger partial charge in [-0.05, 0) is 0 Å². The third-order valence-corrected chi connectivity index (χ3v) is 3.80. The van der Waals surface area contributed by atoms with Crippen LogP contribution in [0.25, 0.3) is 11.2 Å². The topological polar surface area (TPSA) is 122 Å². The van der Waals surface area contributed by atoms with Crippen molar-refractivity contribution in [2.45, 2.75) is 6.54 Å². The largest absolute Gasteiger partial charge is 0.395 e. The highest BCUT2D eigenvalue weighted by molar-refractivity contribution is 5.96. The van der Waals surface area contributed by atoms with E-state index in [-0.39, 0.29) is 42.6 Å². The second-order valence-electron chi connectivity index (χ2n) is 5.45. The minimum atomic E-state index is -0.622. The number of nitrogens with one attached hydrogen (secondary N) is 2. The molecule has 0 aliphatic rings. The van der Waals surface area contributed by atoms with Crippen molar-refractivity contribution in [3.05, 3.63) is 56.7 Å². The number of fused-ring (bicyclic) bond motifs is 1. The minimum Gasteiger partial charge on any atom is -0.395 e. The van der Waals surface area contributed by atoms with Gasteiger partial charge < -0.3 is 10.4 Å². The van der Waals surface area contributed by atoms with Gasteiger partial charge in [0, 0.05) is 19.2 Å². The van der Waals surface area contributed by atoms with E-state index in [0.717, 1.165) is 0 Å². The maximum Gasteiger partial charge on any atom is 0.329 e. The Kier molecular flexibility index (Phi) is 4.48. The number of benzene rings is 1. The molecule has 0 radical (unpaired) electrons. The molecule has 0 saturated heterocycles. The van der Waals surface area contributed by atoms with Crippen LogP contribution in [0.15, 0.2) is 39.9 Å². The summed E-state index contributed by atoms with van der Waals surface area (Å²) >= 11 is 0. The standard InChI is InChI=1S/C16H17N5O4/c1-20-13-12(14(24)19-16(20)25)21(15(18-13)17-7-8-22)9-11(23)10-5-3-2-4-6-10/h2-6,22H,7-9H2,1H3,(H,17,18)(H,19,24,25). The molecule has 3 aromatic rings. The lowest BCUT2D eigenvalue weighted by molar-refractivity contribution is 0.0974. The number of hydrogen-bond acceptors (Lipinski definition) is 6. The Bertz CT molecular complexity index is 1030. The van der Waals surface area contributed by atoms with E-state index in [4.69, 9.17) is 5.11 Å². The summed E-state index contributed by atoms with van der Waals surface area (Å²) in [6.45, 7) is -0.0879. The van der Waals surface area contributed by atoms with E-state index < -0.39 is 11.2 Å². The molecule has 0 unspecified atom stereocenters. The molecule has 9 heteroatoms. The number of carbonyl (C=O) groups is 1. The lowest BCUT2D eigenvalue weighted by atomic mass is 10.1. The van der Waals surface area contributed by atoms with Crippen molar-refractivity contribution in [1.29, 1.82) is 0 Å². The van der Waals surface area contributed by atoms with Gasteiger partial charge in [0.05, 0.1) is 13.2 Å². The lowest BCUT2D eigenvalue weighted by Crippen LogP contribution is -2.29. The van der Waals surface area contributed by atoms with Crippen LogP contribution in [0, 0.1) is 0 Å². The van der Waals surface area contributed by atoms with Gasteiger partial charge in [-0.3, -0.25) is 23.7 Å². The molecule has 9 nitrogen and oxygen atoms in total. The second-order valence-corrected chi connectivity index (χ2v) is 5.45. The van der Waals surface area contributed by atoms with Gasteiger partial charge >= 0.3 is 5.69 Å². The lowest BCUT2D eigenvalue weighted by Gasteiger charge is -2.09. The number of Topliss-reactive ketones (excluding diaryl/α,β-unsaturated/α-hetero) is 1. The molecule has 1 aromatic carbocycles. The van der Waals surface area contributed by atoms with Crippen molar-refractivity contribution in [2.24, 2.45) is 7.05 Å². The number of nitrogens with zero attached hydrogens (tertiary/aromatic N) is 3. The number of aryl methyl sites for hydroxylation is 1. The Balaban J connectivity index is 2.14. The number of aliphatic hydroxyl groups is 1. The zero-order valence-electron chi connectivity index (χ0n) is 13.5. The van der Waals surface area contributed by atoms with Gasteiger partial charge in [-0.15, -0.1) is 0 Å². The first-order chi connectivity index (χ1) is 12.0. The Morgan fingerprint density at radius 3 is 2.68 bits per heavy atom. The normalized spacial score (nSPS) is 11.0. The van der Waals surface area contributed by atoms with Gasteiger partial charge in [0.15, 0.2) is 16.9 Å². The van der Waals surface area contributed by atoms with Crippen molar-refractivity contribution in [3.8, 4) is 0 Å². The zero-order valence-corrected chi connectivity index (χ0v) is 13.5. The van der Waals surface area contributed by atoms with E-state index in [9.17, 15) is 14.4 Å². The number of imidazole rings is 1. The van der Waals surface area contributed by atoms with Crippen LogP contribution in [0.2, 0.25) is 0 Å². The van der Waals surface area contributed by atoms with Gasteiger partial charge in [-0.25, -0.2) is 4.79 Å². The molecular formula is C16H17N5O4. The van der Waals surface area contributed by atoms with Crippen LogP contribution >= 0.6 is 0 Å². The summed E-state index contributed by atoms with van der Waals surface area (Å²) in [5, 5.41) is 11.9. The fraction of sp³-hybridized carbons (Fsp3) is 0.250. The van der Waals surface area contributed by atoms with E-state index in [1.54, 1.807) is 30.3 Å². The molecule has 3 rings (SSSR count). The summed E-state index contributed by atoms with van der Waals surface area (Å²) in [6.07, 6.45) is 0. The first-order valence-corrected chi connectivity index (χ1v) is 7.65. The summed E-state index contributed by atoms with van der Waals surface area (Å²) in [6, 6.07) is 8.67. The van der Waals surface area contributed by atoms with E-state index in [2.05, 4.69) is 15.3 Å². The van der Waals surface area contributed by atoms with Crippen molar-refractivity contribution in [3.63, 3.8) is 0 Å². The second kappa shape index (κ2) is 6.73. The molecule has 3 N–H and O–H groups in total. The molecular weight excluding hydrogens is 326 g/mol. The molecule has 0 aliphatic carbocycles. The summed E-state index contributed by atoms with van der Waals surface area (Å²) < 4.78 is 2.61. The van der Waals surface area contributed by atoms with E-state index in [1.165, 1.54) is 16.2 Å². The predicted octanol–water partition coefficient (Wildman–Crippen LogP) is -0.290. The molecule has 0 amide bonds. The van der Waals surface area contributed by atoms with Gasteiger partial charge in [-0.1, -0.05) is 30.3 Å². The molecule has 130 valence electrons. The highest BCUT2D eigenvalue weighted by Crippen LogP contribution is 2.16. The molecule has 0 aliphatic heterocycles. The van der Waals surface area contributed by atoms with Gasteiger partial charge in [0.25, 0.3) is 5.56 Å². The molecule has 2 heterocycles. The fourth-order valence-electron chi connectivity index (χ4n) is 2.55. The average molecular weight is 343 g/mol. The molecule has 2 aromatic heterocycles. The van der Waals surface area contributed by atoms with Crippen molar-refractivity contribution < 1.29 is 9.90 Å². The number of aromatic nitrogens is 4. The first-order valence-electron chi connectivity index (χ1n) is 7.65. The summed E-state index contributed by atoms with van der Waals surface area (Å²) in [7, 11) is 1.48. The Morgan fingerprint density at radius 1 is 1.28 bits per heavy atom. The third-order valence-electron chi connectivity index (χ3n) is 3.80. The maximum absolute atomic E-state index is 12.5. The predicted molar refractivity (Wildman–Crippen MR) is 91.9 cm³/mol. The first kappa shape index (κ1) is 16.7. The summed E-state index contributed by atoms with van der Waals surface area (Å²) in [4.78, 5) is 43.0. The summed E-state index contributed by atoms with van der Waals surface area (Å²) in [5.41, 5.74) is -0.436. The number of anilines is 1. The van der Waals surface area contributed by atoms with Crippen LogP contribution in [0.5, 0.6) is 0 Å². The maximum atomic E-state index is 12.5. The van der Waals surface area contributed by atoms with Gasteiger partial charge in [0.2, 0.25) is 5.95 Å². The molecule has 0 bridgehead atoms. The third kappa shape index (κ3) is 3.09. The van der Waals surface area contributed by atoms with E-state index >= 15 is 0 Å². The molecule has 25 heavy (non-hydrogen) atoms. The number of ketones is 1. The van der Waals surface area contributed by atoms with Gasteiger partial charge in [-0.2, -0.15) is 4.98 Å². The number of H-pyrrole nitrogens is 1. The quantitative estimate of drug-likeness (QED) is 0.529. The van der Waals surface area contributed by atoms with Crippen LogP contribution in [0.4, 0.5) is 5.95 Å². The highest BCUT2D eigenvalue weighted by Gasteiger charge is 2.19. The fourth-order valence-corrected chi connectivity index (χ4v) is 2.55. The monoisotopic (exact) mass is 343 g/mol. The highest BCUT2D eigenvalue weighted by atomic mass is 16.3. The van der Waals surface area contributed by atoms with Crippen LogP contribution in [-0.4, -0.2) is 43.1 Å².